The quantitative estimate of drug-likeness (QED) is 0.838. The van der Waals surface area contributed by atoms with E-state index in [2.05, 4.69) is 20.8 Å². The maximum absolute atomic E-state index is 12.7. The summed E-state index contributed by atoms with van der Waals surface area (Å²) in [5.74, 6) is -0.347. The summed E-state index contributed by atoms with van der Waals surface area (Å²) in [6.07, 6.45) is 3.65. The highest BCUT2D eigenvalue weighted by molar-refractivity contribution is 5.87. The van der Waals surface area contributed by atoms with Gasteiger partial charge in [0.1, 0.15) is 5.60 Å². The van der Waals surface area contributed by atoms with Gasteiger partial charge in [0.25, 0.3) is 0 Å². The number of aromatic nitrogens is 4. The molecule has 1 aliphatic heterocycles. The molecular weight excluding hydrogens is 322 g/mol. The Morgan fingerprint density at radius 2 is 2.04 bits per heavy atom. The van der Waals surface area contributed by atoms with Gasteiger partial charge in [-0.15, -0.1) is 5.10 Å². The number of ether oxygens (including phenoxy) is 1. The fourth-order valence-electron chi connectivity index (χ4n) is 3.82. The van der Waals surface area contributed by atoms with Gasteiger partial charge in [-0.3, -0.25) is 9.59 Å². The van der Waals surface area contributed by atoms with Crippen molar-refractivity contribution in [3.8, 4) is 5.69 Å². The average molecular weight is 341 g/mol. The maximum Gasteiger partial charge on any atom is 0.307 e. The Morgan fingerprint density at radius 1 is 1.28 bits per heavy atom. The lowest BCUT2D eigenvalue weighted by molar-refractivity contribution is -0.150. The van der Waals surface area contributed by atoms with Crippen LogP contribution in [0, 0.1) is 5.92 Å². The van der Waals surface area contributed by atoms with E-state index in [1.54, 1.807) is 4.68 Å². The van der Waals surface area contributed by atoms with Crippen molar-refractivity contribution in [3.05, 3.63) is 36.2 Å². The first-order valence-corrected chi connectivity index (χ1v) is 8.50. The van der Waals surface area contributed by atoms with Crippen molar-refractivity contribution in [2.24, 2.45) is 5.92 Å². The highest BCUT2D eigenvalue weighted by Gasteiger charge is 2.53. The summed E-state index contributed by atoms with van der Waals surface area (Å²) in [6, 6.07) is 9.47. The first kappa shape index (κ1) is 15.7. The van der Waals surface area contributed by atoms with Crippen LogP contribution < -0.4 is 5.32 Å². The van der Waals surface area contributed by atoms with E-state index in [9.17, 15) is 9.59 Å². The monoisotopic (exact) mass is 341 g/mol. The Bertz CT molecular complexity index is 783. The molecule has 1 atom stereocenters. The van der Waals surface area contributed by atoms with Crippen molar-refractivity contribution < 1.29 is 14.3 Å². The van der Waals surface area contributed by atoms with Crippen LogP contribution in [0.15, 0.2) is 30.3 Å². The van der Waals surface area contributed by atoms with Crippen LogP contribution in [-0.4, -0.2) is 37.7 Å². The molecule has 1 aliphatic carbocycles. The van der Waals surface area contributed by atoms with Gasteiger partial charge >= 0.3 is 5.97 Å². The highest BCUT2D eigenvalue weighted by Crippen LogP contribution is 2.45. The van der Waals surface area contributed by atoms with Gasteiger partial charge in [0, 0.05) is 0 Å². The molecule has 8 nitrogen and oxygen atoms in total. The molecule has 2 aliphatic rings. The predicted molar refractivity (Wildman–Crippen MR) is 86.4 cm³/mol. The molecule has 1 saturated heterocycles. The lowest BCUT2D eigenvalue weighted by atomic mass is 9.85. The second-order valence-corrected chi connectivity index (χ2v) is 6.56. The maximum atomic E-state index is 12.7. The summed E-state index contributed by atoms with van der Waals surface area (Å²) >= 11 is 0. The molecule has 1 saturated carbocycles. The number of carbonyl (C=O) groups excluding carboxylic acids is 2. The standard InChI is InChI=1S/C17H19N5O3/c23-15-10-13(17(25-15)8-4-5-9-17)16(24)18-11-14-19-20-21-22(14)12-6-2-1-3-7-12/h1-3,6-7,13H,4-5,8-11H2,(H,18,24). The number of tetrazole rings is 1. The zero-order valence-electron chi connectivity index (χ0n) is 13.7. The van der Waals surface area contributed by atoms with Gasteiger partial charge in [0.05, 0.1) is 24.6 Å². The second-order valence-electron chi connectivity index (χ2n) is 6.56. The van der Waals surface area contributed by atoms with Crippen LogP contribution in [0.4, 0.5) is 0 Å². The van der Waals surface area contributed by atoms with Crippen molar-refractivity contribution in [1.82, 2.24) is 25.5 Å². The molecule has 1 unspecified atom stereocenters. The van der Waals surface area contributed by atoms with Crippen LogP contribution in [0.5, 0.6) is 0 Å². The third-order valence-corrected chi connectivity index (χ3v) is 5.04. The number of hydrogen-bond donors (Lipinski definition) is 1. The lowest BCUT2D eigenvalue weighted by Crippen LogP contribution is -2.42. The van der Waals surface area contributed by atoms with Gasteiger partial charge in [-0.25, -0.2) is 0 Å². The number of nitrogens with one attached hydrogen (secondary N) is 1. The molecule has 0 bridgehead atoms. The first-order valence-electron chi connectivity index (χ1n) is 8.50. The first-order chi connectivity index (χ1) is 12.2. The molecule has 1 aromatic heterocycles. The highest BCUT2D eigenvalue weighted by atomic mass is 16.6. The molecule has 25 heavy (non-hydrogen) atoms. The fraction of sp³-hybridized carbons (Fsp3) is 0.471. The number of nitrogens with zero attached hydrogens (tertiary/aromatic N) is 4. The van der Waals surface area contributed by atoms with Crippen LogP contribution in [0.1, 0.15) is 37.9 Å². The zero-order valence-corrected chi connectivity index (χ0v) is 13.7. The number of rotatable bonds is 4. The van der Waals surface area contributed by atoms with Gasteiger partial charge in [0.15, 0.2) is 5.82 Å². The zero-order chi connectivity index (χ0) is 17.3. The van der Waals surface area contributed by atoms with E-state index in [-0.39, 0.29) is 24.8 Å². The molecule has 1 spiro atoms. The minimum Gasteiger partial charge on any atom is -0.458 e. The number of hydrogen-bond acceptors (Lipinski definition) is 6. The largest absolute Gasteiger partial charge is 0.458 e. The van der Waals surface area contributed by atoms with E-state index in [0.29, 0.717) is 5.82 Å². The van der Waals surface area contributed by atoms with E-state index in [0.717, 1.165) is 31.4 Å². The van der Waals surface area contributed by atoms with E-state index >= 15 is 0 Å². The molecule has 4 rings (SSSR count). The summed E-state index contributed by atoms with van der Waals surface area (Å²) in [5.41, 5.74) is 0.218. The summed E-state index contributed by atoms with van der Waals surface area (Å²) < 4.78 is 7.11. The Kier molecular flexibility index (Phi) is 3.95. The van der Waals surface area contributed by atoms with Gasteiger partial charge in [0.2, 0.25) is 5.91 Å². The van der Waals surface area contributed by atoms with Crippen molar-refractivity contribution in [2.75, 3.05) is 0 Å². The van der Waals surface area contributed by atoms with Crippen molar-refractivity contribution in [3.63, 3.8) is 0 Å². The van der Waals surface area contributed by atoms with Crippen molar-refractivity contribution >= 4 is 11.9 Å². The van der Waals surface area contributed by atoms with Crippen LogP contribution >= 0.6 is 0 Å². The van der Waals surface area contributed by atoms with Gasteiger partial charge < -0.3 is 10.1 Å². The topological polar surface area (TPSA) is 99.0 Å². The summed E-state index contributed by atoms with van der Waals surface area (Å²) in [4.78, 5) is 24.4. The van der Waals surface area contributed by atoms with E-state index in [1.165, 1.54) is 0 Å². The Balaban J connectivity index is 1.46. The van der Waals surface area contributed by atoms with Crippen LogP contribution in [0.25, 0.3) is 5.69 Å². The van der Waals surface area contributed by atoms with Crippen LogP contribution in [0.3, 0.4) is 0 Å². The number of benzene rings is 1. The summed E-state index contributed by atoms with van der Waals surface area (Å²) in [7, 11) is 0. The minimum absolute atomic E-state index is 0.148. The number of esters is 1. The predicted octanol–water partition coefficient (Wildman–Crippen LogP) is 1.15. The molecule has 2 aromatic rings. The Hall–Kier alpha value is -2.77. The molecule has 1 aromatic carbocycles. The Labute approximate surface area is 144 Å². The van der Waals surface area contributed by atoms with E-state index in [1.807, 2.05) is 30.3 Å². The minimum atomic E-state index is -0.605. The fourth-order valence-corrected chi connectivity index (χ4v) is 3.82. The van der Waals surface area contributed by atoms with E-state index in [4.69, 9.17) is 4.74 Å². The molecule has 2 heterocycles. The third kappa shape index (κ3) is 2.88. The number of para-hydroxylation sites is 1. The van der Waals surface area contributed by atoms with Crippen molar-refractivity contribution in [2.45, 2.75) is 44.2 Å². The number of amides is 1. The molecular formula is C17H19N5O3. The van der Waals surface area contributed by atoms with Gasteiger partial charge in [-0.05, 0) is 48.2 Å². The van der Waals surface area contributed by atoms with Gasteiger partial charge in [-0.1, -0.05) is 18.2 Å². The Morgan fingerprint density at radius 3 is 2.80 bits per heavy atom. The smallest absolute Gasteiger partial charge is 0.307 e. The number of carbonyl (C=O) groups is 2. The molecule has 1 amide bonds. The molecule has 8 heteroatoms. The summed E-state index contributed by atoms with van der Waals surface area (Å²) in [5, 5.41) is 14.5. The average Bonchev–Trinajstić information content (AvgIpc) is 3.35. The molecule has 2 fully saturated rings. The van der Waals surface area contributed by atoms with Crippen LogP contribution in [-0.2, 0) is 20.9 Å². The third-order valence-electron chi connectivity index (χ3n) is 5.04. The normalized spacial score (nSPS) is 21.4. The summed E-state index contributed by atoms with van der Waals surface area (Å²) in [6.45, 7) is 0.196. The SMILES string of the molecule is O=C1CC(C(=O)NCc2nnnn2-c2ccccc2)C2(CCCC2)O1. The van der Waals surface area contributed by atoms with Crippen molar-refractivity contribution in [1.29, 1.82) is 0 Å². The molecule has 1 N–H and O–H groups in total. The van der Waals surface area contributed by atoms with Gasteiger partial charge in [-0.2, -0.15) is 4.68 Å². The lowest BCUT2D eigenvalue weighted by Gasteiger charge is -2.27. The molecule has 130 valence electrons. The van der Waals surface area contributed by atoms with E-state index < -0.39 is 11.5 Å². The second kappa shape index (κ2) is 6.27. The molecule has 0 radical (unpaired) electrons. The van der Waals surface area contributed by atoms with Crippen LogP contribution in [0.2, 0.25) is 0 Å².